The number of rotatable bonds is 23. The molecule has 4 aromatic carbocycles. The van der Waals surface area contributed by atoms with Crippen LogP contribution in [-0.4, -0.2) is 445 Å². The number of carbonyl (C=O) groups is 3. The lowest BCUT2D eigenvalue weighted by atomic mass is 9.88. The molecule has 6 amide bonds. The second kappa shape index (κ2) is 63.0. The number of amides is 6. The smallest absolute Gasteiger partial charge is 0.321 e. The summed E-state index contributed by atoms with van der Waals surface area (Å²) in [7, 11) is -5.30. The van der Waals surface area contributed by atoms with E-state index in [2.05, 4.69) is 63.1 Å². The number of hydrogen-bond acceptors (Lipinski definition) is 26. The lowest BCUT2D eigenvalue weighted by Gasteiger charge is -2.40. The van der Waals surface area contributed by atoms with Gasteiger partial charge in [-0.15, -0.1) is 0 Å². The third-order valence-corrected chi connectivity index (χ3v) is 29.7. The van der Waals surface area contributed by atoms with E-state index in [4.69, 9.17) is 24.4 Å². The van der Waals surface area contributed by atoms with E-state index in [-0.39, 0.29) is 87.9 Å². The molecule has 0 aromatic heterocycles. The SMILES string of the molecule is CCCCNC(=O)N1C[C@@H](O)[C@H](O)[C@@H](C(F)F)C1.CCCCNC(=S)N1C[C@@H](O)[C@H](O)[C@@H](C(F)F)C1.CCCNC(=O)N1C[C@@H](O)[C@H](O)[C@@H](C(F)F)C1.CN(C)S(=O)(=O)N1C[C@@H](O)[C@H](O)[C@@H](C(F)F)C1.Cc1ccc(C[C@H]2CNC[C@@H](O)[C@@H]2O)cc1.Cc1ccc(S(=O)(=O)N2C[C@@H](O)[C@H](O)[C@@H](C(F)F)C2)cc1.O=C(Nc1ccccc1)N1C[C@@H](O)[C@H](O)[C@@H](C(F)F)C1.O[C@H]1[C@H](O)CN(C(=S)Nc2ccccc2)C[C@@H]1C(F)F. The minimum atomic E-state index is -3.97. The summed E-state index contributed by atoms with van der Waals surface area (Å²) in [6.07, 6.45) is -35.5. The number of anilines is 2. The van der Waals surface area contributed by atoms with Crippen molar-refractivity contribution in [3.05, 3.63) is 126 Å². The fraction of sp³-hybridized carbons (Fsp3) is 0.685. The summed E-state index contributed by atoms with van der Waals surface area (Å²) in [5.74, 6) is -9.89. The fourth-order valence-corrected chi connectivity index (χ4v) is 19.4. The average molecular weight is 2210 g/mol. The van der Waals surface area contributed by atoms with Crippen LogP contribution in [0.2, 0.25) is 0 Å². The van der Waals surface area contributed by atoms with Gasteiger partial charge in [-0.25, -0.2) is 84.3 Å². The maximum absolute atomic E-state index is 12.9. The lowest BCUT2D eigenvalue weighted by molar-refractivity contribution is -0.107. The highest BCUT2D eigenvalue weighted by Crippen LogP contribution is 2.34. The largest absolute Gasteiger partial charge is 0.390 e. The number of nitrogens with zero attached hydrogens (tertiary/aromatic N) is 8. The highest BCUT2D eigenvalue weighted by Gasteiger charge is 2.50. The molecule has 147 heavy (non-hydrogen) atoms. The molecule has 22 N–H and O–H groups in total. The summed E-state index contributed by atoms with van der Waals surface area (Å²) in [6.45, 7) is 9.59. The molecule has 0 spiro atoms. The van der Waals surface area contributed by atoms with Crippen LogP contribution in [0.3, 0.4) is 0 Å². The van der Waals surface area contributed by atoms with Gasteiger partial charge in [0, 0.05) is 136 Å². The lowest BCUT2D eigenvalue weighted by Crippen LogP contribution is -2.58. The second-order valence-corrected chi connectivity index (χ2v) is 41.7. The van der Waals surface area contributed by atoms with Crippen LogP contribution >= 0.6 is 24.4 Å². The number of nitrogens with one attached hydrogen (secondary N) is 6. The number of alkyl halides is 14. The summed E-state index contributed by atoms with van der Waals surface area (Å²) in [5.41, 5.74) is 4.60. The third-order valence-electron chi connectivity index (χ3n) is 25.2. The summed E-state index contributed by atoms with van der Waals surface area (Å²) < 4.78 is 229. The number of para-hydroxylation sites is 2. The highest BCUT2D eigenvalue weighted by molar-refractivity contribution is 7.89. The Morgan fingerprint density at radius 3 is 1.02 bits per heavy atom. The fourth-order valence-electron chi connectivity index (χ4n) is 16.2. The van der Waals surface area contributed by atoms with Gasteiger partial charge in [0.05, 0.1) is 164 Å². The molecule has 0 unspecified atom stereocenters. The van der Waals surface area contributed by atoms with E-state index in [1.165, 1.54) is 47.2 Å². The number of piperidine rings is 8. The van der Waals surface area contributed by atoms with Gasteiger partial charge in [0.25, 0.3) is 10.2 Å². The number of urea groups is 3. The van der Waals surface area contributed by atoms with Crippen molar-refractivity contribution in [2.45, 2.75) is 221 Å². The number of benzene rings is 4. The number of sulfonamides is 1. The Hall–Kier alpha value is -7.81. The molecule has 37 nitrogen and oxygen atoms in total. The van der Waals surface area contributed by atoms with Gasteiger partial charge < -0.3 is 138 Å². The van der Waals surface area contributed by atoms with E-state index in [1.807, 2.05) is 39.0 Å². The van der Waals surface area contributed by atoms with Crippen molar-refractivity contribution >= 4 is 84.4 Å². The quantitative estimate of drug-likeness (QED) is 0.0288. The van der Waals surface area contributed by atoms with Gasteiger partial charge in [0.1, 0.15) is 0 Å². The molecule has 4 aromatic rings. The van der Waals surface area contributed by atoms with E-state index in [0.29, 0.717) is 37.0 Å². The first kappa shape index (κ1) is 130. The Morgan fingerprint density at radius 1 is 0.354 bits per heavy atom. The van der Waals surface area contributed by atoms with Gasteiger partial charge in [0.15, 0.2) is 10.2 Å². The molecule has 8 fully saturated rings. The van der Waals surface area contributed by atoms with E-state index in [0.717, 1.165) is 83.9 Å². The molecule has 0 aliphatic carbocycles. The van der Waals surface area contributed by atoms with Gasteiger partial charge in [-0.05, 0) is 106 Å². The molecular formula is C92H142F14N14O23S4. The molecule has 55 heteroatoms. The molecule has 8 saturated heterocycles. The minimum Gasteiger partial charge on any atom is -0.390 e. The number of β-amino-alcohol motifs (C(OH)–C–C–N with tert-alkyl or cyclic N) is 8. The molecule has 12 rings (SSSR count). The molecule has 8 heterocycles. The van der Waals surface area contributed by atoms with Crippen LogP contribution in [0.25, 0.3) is 0 Å². The van der Waals surface area contributed by atoms with E-state index < -0.39 is 242 Å². The van der Waals surface area contributed by atoms with Crippen molar-refractivity contribution in [2.24, 2.45) is 47.3 Å². The Labute approximate surface area is 856 Å². The molecule has 840 valence electrons. The minimum absolute atomic E-state index is 0.0234. The monoisotopic (exact) mass is 2200 g/mol. The summed E-state index contributed by atoms with van der Waals surface area (Å²) in [6, 6.07) is 30.4. The predicted molar refractivity (Wildman–Crippen MR) is 521 cm³/mol. The zero-order valence-corrected chi connectivity index (χ0v) is 85.2. The number of likely N-dealkylation sites (tertiary alicyclic amines) is 5. The topological polar surface area (TPSA) is 541 Å². The molecule has 0 saturated carbocycles. The van der Waals surface area contributed by atoms with E-state index in [9.17, 15) is 174 Å². The summed E-state index contributed by atoms with van der Waals surface area (Å²) in [4.78, 5) is 41.4. The third kappa shape index (κ3) is 40.3. The zero-order chi connectivity index (χ0) is 111. The maximum Gasteiger partial charge on any atom is 0.321 e. The van der Waals surface area contributed by atoms with Crippen LogP contribution in [-0.2, 0) is 26.7 Å². The van der Waals surface area contributed by atoms with Gasteiger partial charge >= 0.3 is 18.1 Å². The van der Waals surface area contributed by atoms with Crippen molar-refractivity contribution in [2.75, 3.05) is 149 Å². The van der Waals surface area contributed by atoms with Gasteiger partial charge in [-0.1, -0.05) is 118 Å². The van der Waals surface area contributed by atoms with Crippen LogP contribution in [0.4, 0.5) is 87.2 Å². The summed E-state index contributed by atoms with van der Waals surface area (Å²) >= 11 is 10.3. The van der Waals surface area contributed by atoms with Crippen LogP contribution in [0.15, 0.2) is 114 Å². The molecule has 8 aliphatic heterocycles. The van der Waals surface area contributed by atoms with Crippen LogP contribution in [0.1, 0.15) is 69.6 Å². The Kier molecular flexibility index (Phi) is 55.6. The molecular weight excluding hydrogens is 2060 g/mol. The Balaban J connectivity index is 0.000000296. The van der Waals surface area contributed by atoms with Crippen LogP contribution in [0.5, 0.6) is 0 Å². The number of aliphatic hydroxyl groups is 16. The first-order valence-electron chi connectivity index (χ1n) is 47.6. The number of halogens is 14. The van der Waals surface area contributed by atoms with Crippen LogP contribution in [0, 0.1) is 61.2 Å². The number of aryl methyl sites for hydroxylation is 2. The maximum atomic E-state index is 12.9. The van der Waals surface area contributed by atoms with Gasteiger partial charge in [-0.2, -0.15) is 21.3 Å². The summed E-state index contributed by atoms with van der Waals surface area (Å²) in [5, 5.41) is 170. The number of hydrogen-bond donors (Lipinski definition) is 22. The zero-order valence-electron chi connectivity index (χ0n) is 82.0. The number of unbranched alkanes of at least 4 members (excludes halogenated alkanes) is 2. The van der Waals surface area contributed by atoms with Gasteiger partial charge in [0.2, 0.25) is 55.0 Å². The van der Waals surface area contributed by atoms with Gasteiger partial charge in [-0.3, -0.25) is 0 Å². The predicted octanol–water partition coefficient (Wildman–Crippen LogP) is 3.25. The van der Waals surface area contributed by atoms with Crippen molar-refractivity contribution in [1.29, 1.82) is 0 Å². The second-order valence-electron chi connectivity index (χ2n) is 36.8. The molecule has 0 bridgehead atoms. The first-order chi connectivity index (χ1) is 68.9. The van der Waals surface area contributed by atoms with E-state index >= 15 is 0 Å². The molecule has 8 aliphatic rings. The Morgan fingerprint density at radius 2 is 0.660 bits per heavy atom. The normalized spacial score (nSPS) is 28.7. The Bertz CT molecular complexity index is 4610. The molecule has 0 radical (unpaired) electrons. The van der Waals surface area contributed by atoms with Crippen molar-refractivity contribution < 1.29 is 174 Å². The average Bonchev–Trinajstić information content (AvgIpc) is 0.778. The number of thiocarbonyl (C=S) groups is 2. The van der Waals surface area contributed by atoms with Crippen molar-refractivity contribution in [3.63, 3.8) is 0 Å². The highest BCUT2D eigenvalue weighted by atomic mass is 32.2. The van der Waals surface area contributed by atoms with Crippen molar-refractivity contribution in [3.8, 4) is 0 Å². The van der Waals surface area contributed by atoms with Crippen molar-refractivity contribution in [1.82, 2.24) is 58.7 Å². The standard InChI is InChI=1S/C13H16F2N2O3.C13H16F2N2O2S.C13H17F2NO4S.C13H19NO2.C11H20F2N2O3.C11H20F2N2O2S.C10H18F2N2O3.C8H16F2N2O4S/c2*14-12(15)9-6-17(7-10(18)11(9)19)13(20)16-8-4-2-1-3-5-8;1-8-2-4-9(5-3-8)21(19,20)16-6-10(13(14)15)12(18)11(17)7-16;1-9-2-4-10(5-3-9)6-11-7-14-8-12(15)13(11)16;2*1-2-3-4-14-11(18)15-5-7(10(12)13)9(17)8(16)6-15;1-2-3-13-10(17)14-4-6(9(11)12)8(16)7(15)5-14;1-11(2)17(15,16)12-3-5(8(9)10)7(14)6(13)4-12/h2*1-5,9-12,18-19H,6-7H2,(H,16,20);2-5,10-13,17-18H,6-7H2,1H3;2-5,11-16H,6-8H2,1H3;2*7-10,16-17H,2-6H2,1H3,(H,14,18);6-9,15-16H,2-5H2,1H3,(H,13,17);5-8,13-14H,3-4H2,1-2H3/t2*9-,10+,11+;10-,11+,12+;11-,12+,13+;2*7-,8+,9+;6-,7+,8+;5-,6+,7+/m00000000/s1. The first-order valence-corrected chi connectivity index (χ1v) is 51.3. The number of carbonyl (C=O) groups excluding carboxylic acids is 3. The van der Waals surface area contributed by atoms with E-state index in [1.54, 1.807) is 61.5 Å². The molecule has 24 atom stereocenters. The van der Waals surface area contributed by atoms with Crippen LogP contribution < -0.4 is 31.9 Å². The number of aliphatic hydroxyl groups excluding tert-OH is 16.